The van der Waals surface area contributed by atoms with Crippen LogP contribution in [0.25, 0.3) is 0 Å². The van der Waals surface area contributed by atoms with Crippen LogP contribution in [0.15, 0.2) is 18.2 Å². The molecule has 0 amide bonds. The zero-order valence-electron chi connectivity index (χ0n) is 10.0. The van der Waals surface area contributed by atoms with Crippen molar-refractivity contribution in [1.82, 2.24) is 0 Å². The van der Waals surface area contributed by atoms with Crippen molar-refractivity contribution in [1.29, 1.82) is 5.26 Å². The monoisotopic (exact) mass is 214 g/mol. The number of hydrogen-bond acceptors (Lipinski definition) is 2. The summed E-state index contributed by atoms with van der Waals surface area (Å²) >= 11 is 0. The van der Waals surface area contributed by atoms with Gasteiger partial charge in [-0.25, -0.2) is 0 Å². The summed E-state index contributed by atoms with van der Waals surface area (Å²) < 4.78 is 0. The van der Waals surface area contributed by atoms with Crippen molar-refractivity contribution < 1.29 is 0 Å². The van der Waals surface area contributed by atoms with Crippen molar-refractivity contribution in [2.75, 3.05) is 11.9 Å². The first kappa shape index (κ1) is 11.0. The number of aryl methyl sites for hydroxylation is 1. The van der Waals surface area contributed by atoms with Crippen LogP contribution in [-0.2, 0) is 0 Å². The number of nitrogens with one attached hydrogen (secondary N) is 1. The van der Waals surface area contributed by atoms with E-state index in [0.29, 0.717) is 6.42 Å². The van der Waals surface area contributed by atoms with E-state index in [0.717, 1.165) is 6.54 Å². The Bertz CT molecular complexity index is 425. The highest BCUT2D eigenvalue weighted by molar-refractivity contribution is 5.53. The first-order valence-corrected chi connectivity index (χ1v) is 5.84. The molecule has 0 heterocycles. The molecule has 0 aliphatic heterocycles. The summed E-state index contributed by atoms with van der Waals surface area (Å²) in [6.07, 6.45) is 3.07. The molecule has 0 radical (unpaired) electrons. The Labute approximate surface area is 97.3 Å². The van der Waals surface area contributed by atoms with Gasteiger partial charge in [0.1, 0.15) is 0 Å². The van der Waals surface area contributed by atoms with E-state index in [9.17, 15) is 0 Å². The molecular formula is C14H18N2. The molecule has 1 aliphatic carbocycles. The fourth-order valence-corrected chi connectivity index (χ4v) is 1.99. The van der Waals surface area contributed by atoms with Crippen molar-refractivity contribution in [2.24, 2.45) is 5.41 Å². The zero-order valence-corrected chi connectivity index (χ0v) is 10.0. The molecule has 2 nitrogen and oxygen atoms in total. The molecule has 1 fully saturated rings. The van der Waals surface area contributed by atoms with Crippen LogP contribution in [0.5, 0.6) is 0 Å². The van der Waals surface area contributed by atoms with Crippen molar-refractivity contribution in [2.45, 2.75) is 33.1 Å². The van der Waals surface area contributed by atoms with Gasteiger partial charge < -0.3 is 5.32 Å². The SMILES string of the molecule is Cc1cccc(NCC2(CC#N)CC2)c1C. The van der Waals surface area contributed by atoms with Gasteiger partial charge in [0.05, 0.1) is 6.07 Å². The van der Waals surface area contributed by atoms with Crippen LogP contribution in [0.4, 0.5) is 5.69 Å². The van der Waals surface area contributed by atoms with Gasteiger partial charge in [-0.15, -0.1) is 0 Å². The van der Waals surface area contributed by atoms with Gasteiger partial charge >= 0.3 is 0 Å². The van der Waals surface area contributed by atoms with Gasteiger partial charge in [0, 0.05) is 24.1 Å². The van der Waals surface area contributed by atoms with Gasteiger partial charge in [0.15, 0.2) is 0 Å². The van der Waals surface area contributed by atoms with E-state index in [1.165, 1.54) is 29.7 Å². The third-order valence-electron chi connectivity index (χ3n) is 3.67. The lowest BCUT2D eigenvalue weighted by molar-refractivity contribution is 0.557. The molecule has 1 aliphatic rings. The number of rotatable bonds is 4. The predicted molar refractivity (Wildman–Crippen MR) is 66.3 cm³/mol. The quantitative estimate of drug-likeness (QED) is 0.833. The number of hydrogen-bond donors (Lipinski definition) is 1. The first-order valence-electron chi connectivity index (χ1n) is 5.84. The predicted octanol–water partition coefficient (Wildman–Crippen LogP) is 3.41. The summed E-state index contributed by atoms with van der Waals surface area (Å²) in [7, 11) is 0. The minimum atomic E-state index is 0.269. The minimum absolute atomic E-state index is 0.269. The van der Waals surface area contributed by atoms with Crippen LogP contribution in [0.1, 0.15) is 30.4 Å². The number of benzene rings is 1. The molecule has 16 heavy (non-hydrogen) atoms. The van der Waals surface area contributed by atoms with Crippen molar-refractivity contribution in [3.8, 4) is 6.07 Å². The van der Waals surface area contributed by atoms with E-state index in [-0.39, 0.29) is 5.41 Å². The maximum Gasteiger partial charge on any atom is 0.0628 e. The highest BCUT2D eigenvalue weighted by atomic mass is 14.9. The Morgan fingerprint density at radius 2 is 2.12 bits per heavy atom. The van der Waals surface area contributed by atoms with Crippen LogP contribution >= 0.6 is 0 Å². The third kappa shape index (κ3) is 2.19. The average molecular weight is 214 g/mol. The number of nitriles is 1. The molecule has 0 atom stereocenters. The maximum atomic E-state index is 8.76. The van der Waals surface area contributed by atoms with Crippen molar-refractivity contribution in [3.05, 3.63) is 29.3 Å². The van der Waals surface area contributed by atoms with Gasteiger partial charge in [0.25, 0.3) is 0 Å². The van der Waals surface area contributed by atoms with E-state index in [1.54, 1.807) is 0 Å². The molecule has 84 valence electrons. The molecule has 1 aromatic rings. The van der Waals surface area contributed by atoms with Gasteiger partial charge in [-0.2, -0.15) is 5.26 Å². The Morgan fingerprint density at radius 3 is 2.75 bits per heavy atom. The van der Waals surface area contributed by atoms with E-state index < -0.39 is 0 Å². The molecule has 0 bridgehead atoms. The molecule has 2 heteroatoms. The molecule has 1 saturated carbocycles. The van der Waals surface area contributed by atoms with E-state index in [1.807, 2.05) is 0 Å². The molecular weight excluding hydrogens is 196 g/mol. The smallest absolute Gasteiger partial charge is 0.0628 e. The maximum absolute atomic E-state index is 8.76. The molecule has 2 rings (SSSR count). The van der Waals surface area contributed by atoms with Gasteiger partial charge in [-0.05, 0) is 43.9 Å². The Balaban J connectivity index is 2.00. The first-order chi connectivity index (χ1) is 7.67. The van der Waals surface area contributed by atoms with Crippen molar-refractivity contribution >= 4 is 5.69 Å². The van der Waals surface area contributed by atoms with Crippen LogP contribution in [0.2, 0.25) is 0 Å². The molecule has 1 aromatic carbocycles. The fraction of sp³-hybridized carbons (Fsp3) is 0.500. The third-order valence-corrected chi connectivity index (χ3v) is 3.67. The summed E-state index contributed by atoms with van der Waals surface area (Å²) in [5.74, 6) is 0. The summed E-state index contributed by atoms with van der Waals surface area (Å²) in [6.45, 7) is 5.20. The standard InChI is InChI=1S/C14H18N2/c1-11-4-3-5-13(12(11)2)16-10-14(6-7-14)8-9-15/h3-5,16H,6-8,10H2,1-2H3. The average Bonchev–Trinajstić information content (AvgIpc) is 3.02. The second-order valence-corrected chi connectivity index (χ2v) is 4.94. The van der Waals surface area contributed by atoms with Crippen LogP contribution in [0, 0.1) is 30.6 Å². The Hall–Kier alpha value is -1.49. The second-order valence-electron chi connectivity index (χ2n) is 4.94. The van der Waals surface area contributed by atoms with Crippen LogP contribution in [0.3, 0.4) is 0 Å². The molecule has 1 N–H and O–H groups in total. The van der Waals surface area contributed by atoms with Gasteiger partial charge in [-0.1, -0.05) is 12.1 Å². The lowest BCUT2D eigenvalue weighted by Gasteiger charge is -2.16. The zero-order chi connectivity index (χ0) is 11.6. The van der Waals surface area contributed by atoms with Crippen molar-refractivity contribution in [3.63, 3.8) is 0 Å². The molecule has 0 saturated heterocycles. The summed E-state index contributed by atoms with van der Waals surface area (Å²) in [4.78, 5) is 0. The van der Waals surface area contributed by atoms with Gasteiger partial charge in [0.2, 0.25) is 0 Å². The van der Waals surface area contributed by atoms with Crippen LogP contribution in [-0.4, -0.2) is 6.54 Å². The summed E-state index contributed by atoms with van der Waals surface area (Å²) in [5, 5.41) is 12.3. The van der Waals surface area contributed by atoms with Crippen LogP contribution < -0.4 is 5.32 Å². The highest BCUT2D eigenvalue weighted by Crippen LogP contribution is 2.48. The summed E-state index contributed by atoms with van der Waals surface area (Å²) in [5.41, 5.74) is 4.11. The van der Waals surface area contributed by atoms with Gasteiger partial charge in [-0.3, -0.25) is 0 Å². The van der Waals surface area contributed by atoms with E-state index in [2.05, 4.69) is 43.4 Å². The van der Waals surface area contributed by atoms with E-state index in [4.69, 9.17) is 5.26 Å². The fourth-order valence-electron chi connectivity index (χ4n) is 1.99. The van der Waals surface area contributed by atoms with E-state index >= 15 is 0 Å². The number of nitrogens with zero attached hydrogens (tertiary/aromatic N) is 1. The highest BCUT2D eigenvalue weighted by Gasteiger charge is 2.42. The number of anilines is 1. The molecule has 0 aromatic heterocycles. The second kappa shape index (κ2) is 4.17. The lowest BCUT2D eigenvalue weighted by Crippen LogP contribution is -2.15. The largest absolute Gasteiger partial charge is 0.384 e. The normalized spacial score (nSPS) is 16.6. The topological polar surface area (TPSA) is 35.8 Å². The summed E-state index contributed by atoms with van der Waals surface area (Å²) in [6, 6.07) is 8.61. The Kier molecular flexibility index (Phi) is 2.87. The lowest BCUT2D eigenvalue weighted by atomic mass is 10.0. The minimum Gasteiger partial charge on any atom is -0.384 e. The Morgan fingerprint density at radius 1 is 1.38 bits per heavy atom. The molecule has 0 spiro atoms. The molecule has 0 unspecified atom stereocenters.